The van der Waals surface area contributed by atoms with E-state index < -0.39 is 6.04 Å². The molecular weight excluding hydrogens is 234 g/mol. The molecule has 0 fully saturated rings. The molecule has 0 saturated carbocycles. The van der Waals surface area contributed by atoms with Gasteiger partial charge in [-0.05, 0) is 5.92 Å². The third kappa shape index (κ3) is 6.56. The largest absolute Gasteiger partial charge is 0.396 e. The average molecular weight is 259 g/mol. The second-order valence-electron chi connectivity index (χ2n) is 5.59. The van der Waals surface area contributed by atoms with Gasteiger partial charge in [0.1, 0.15) is 0 Å². The fourth-order valence-corrected chi connectivity index (χ4v) is 1.04. The molecule has 0 aliphatic heterocycles. The van der Waals surface area contributed by atoms with Crippen LogP contribution < -0.4 is 16.4 Å². The van der Waals surface area contributed by atoms with Crippen LogP contribution >= 0.6 is 0 Å². The minimum atomic E-state index is -0.605. The maximum Gasteiger partial charge on any atom is 0.239 e. The Kier molecular flexibility index (Phi) is 6.86. The molecule has 5 N–H and O–H groups in total. The molecule has 6 nitrogen and oxygen atoms in total. The summed E-state index contributed by atoms with van der Waals surface area (Å²) in [4.78, 5) is 22.9. The van der Waals surface area contributed by atoms with Gasteiger partial charge in [0.15, 0.2) is 0 Å². The molecule has 0 aliphatic rings. The zero-order chi connectivity index (χ0) is 14.3. The van der Waals surface area contributed by atoms with Crippen molar-refractivity contribution in [3.8, 4) is 0 Å². The average Bonchev–Trinajstić information content (AvgIpc) is 2.32. The van der Waals surface area contributed by atoms with E-state index >= 15 is 0 Å². The van der Waals surface area contributed by atoms with E-state index in [9.17, 15) is 9.59 Å². The Morgan fingerprint density at radius 2 is 1.83 bits per heavy atom. The van der Waals surface area contributed by atoms with Gasteiger partial charge in [0, 0.05) is 18.6 Å². The molecule has 0 aromatic carbocycles. The standard InChI is InChI=1S/C12H25N3O3/c1-8(2)10(13)11(18)14-5-9(17)15-6-12(3,4)7-16/h8,10,16H,5-7,13H2,1-4H3,(H,14,18)(H,15,17)/t10-/m0/s1. The van der Waals surface area contributed by atoms with E-state index in [1.54, 1.807) is 0 Å². The van der Waals surface area contributed by atoms with E-state index in [1.807, 2.05) is 27.7 Å². The normalized spacial score (nSPS) is 13.3. The second kappa shape index (κ2) is 7.33. The predicted octanol–water partition coefficient (Wildman–Crippen LogP) is -0.779. The molecule has 18 heavy (non-hydrogen) atoms. The Morgan fingerprint density at radius 1 is 1.28 bits per heavy atom. The number of amides is 2. The molecule has 0 rings (SSSR count). The van der Waals surface area contributed by atoms with Gasteiger partial charge in [-0.15, -0.1) is 0 Å². The molecular formula is C12H25N3O3. The van der Waals surface area contributed by atoms with E-state index in [4.69, 9.17) is 10.8 Å². The summed E-state index contributed by atoms with van der Waals surface area (Å²) < 4.78 is 0. The summed E-state index contributed by atoms with van der Waals surface area (Å²) in [5.41, 5.74) is 5.27. The maximum atomic E-state index is 11.5. The first-order valence-electron chi connectivity index (χ1n) is 6.10. The minimum absolute atomic E-state index is 0.0160. The van der Waals surface area contributed by atoms with Crippen LogP contribution in [0, 0.1) is 11.3 Å². The number of hydrogen-bond donors (Lipinski definition) is 4. The van der Waals surface area contributed by atoms with Crippen molar-refractivity contribution in [1.82, 2.24) is 10.6 Å². The molecule has 1 atom stereocenters. The lowest BCUT2D eigenvalue weighted by Crippen LogP contribution is -2.48. The van der Waals surface area contributed by atoms with Crippen molar-refractivity contribution in [3.63, 3.8) is 0 Å². The summed E-state index contributed by atoms with van der Waals surface area (Å²) in [6.07, 6.45) is 0. The molecule has 0 spiro atoms. The number of aliphatic hydroxyl groups is 1. The Bertz CT molecular complexity index is 290. The second-order valence-corrected chi connectivity index (χ2v) is 5.59. The maximum absolute atomic E-state index is 11.5. The molecule has 6 heteroatoms. The van der Waals surface area contributed by atoms with Crippen molar-refractivity contribution >= 4 is 11.8 Å². The van der Waals surface area contributed by atoms with Crippen LogP contribution in [0.1, 0.15) is 27.7 Å². The first kappa shape index (κ1) is 16.9. The Hall–Kier alpha value is -1.14. The van der Waals surface area contributed by atoms with Crippen LogP contribution in [-0.2, 0) is 9.59 Å². The van der Waals surface area contributed by atoms with Gasteiger partial charge < -0.3 is 21.5 Å². The van der Waals surface area contributed by atoms with Crippen LogP contribution in [0.3, 0.4) is 0 Å². The zero-order valence-corrected chi connectivity index (χ0v) is 11.6. The van der Waals surface area contributed by atoms with E-state index in [-0.39, 0.29) is 36.3 Å². The van der Waals surface area contributed by atoms with Crippen LogP contribution in [0.4, 0.5) is 0 Å². The first-order chi connectivity index (χ1) is 8.19. The zero-order valence-electron chi connectivity index (χ0n) is 11.6. The van der Waals surface area contributed by atoms with Gasteiger partial charge in [-0.3, -0.25) is 9.59 Å². The highest BCUT2D eigenvalue weighted by Crippen LogP contribution is 2.10. The Morgan fingerprint density at radius 3 is 2.28 bits per heavy atom. The number of aliphatic hydroxyl groups excluding tert-OH is 1. The van der Waals surface area contributed by atoms with Gasteiger partial charge in [-0.1, -0.05) is 27.7 Å². The predicted molar refractivity (Wildman–Crippen MR) is 69.7 cm³/mol. The summed E-state index contributed by atoms with van der Waals surface area (Å²) in [5, 5.41) is 14.1. The van der Waals surface area contributed by atoms with Crippen LogP contribution in [0.5, 0.6) is 0 Å². The van der Waals surface area contributed by atoms with E-state index in [0.717, 1.165) is 0 Å². The number of carbonyl (C=O) groups is 2. The highest BCUT2D eigenvalue weighted by Gasteiger charge is 2.19. The lowest BCUT2D eigenvalue weighted by Gasteiger charge is -2.22. The van der Waals surface area contributed by atoms with Gasteiger partial charge in [0.25, 0.3) is 0 Å². The van der Waals surface area contributed by atoms with Gasteiger partial charge in [-0.2, -0.15) is 0 Å². The van der Waals surface area contributed by atoms with Crippen molar-refractivity contribution in [2.24, 2.45) is 17.1 Å². The molecule has 0 aromatic rings. The first-order valence-corrected chi connectivity index (χ1v) is 6.10. The van der Waals surface area contributed by atoms with Crippen molar-refractivity contribution in [2.75, 3.05) is 19.7 Å². The third-order valence-corrected chi connectivity index (χ3v) is 2.64. The summed E-state index contributed by atoms with van der Waals surface area (Å²) in [6.45, 7) is 7.59. The quantitative estimate of drug-likeness (QED) is 0.481. The summed E-state index contributed by atoms with van der Waals surface area (Å²) in [7, 11) is 0. The third-order valence-electron chi connectivity index (χ3n) is 2.64. The number of carbonyl (C=O) groups excluding carboxylic acids is 2. The van der Waals surface area contributed by atoms with E-state index in [0.29, 0.717) is 6.54 Å². The highest BCUT2D eigenvalue weighted by molar-refractivity contribution is 5.87. The lowest BCUT2D eigenvalue weighted by molar-refractivity contribution is -0.127. The fraction of sp³-hybridized carbons (Fsp3) is 0.833. The Labute approximate surface area is 108 Å². The SMILES string of the molecule is CC(C)[C@H](N)C(=O)NCC(=O)NCC(C)(C)CO. The monoisotopic (exact) mass is 259 g/mol. The summed E-state index contributed by atoms with van der Waals surface area (Å²) in [6, 6.07) is -0.605. The van der Waals surface area contributed by atoms with Crippen LogP contribution in [0.25, 0.3) is 0 Å². The number of nitrogens with two attached hydrogens (primary N) is 1. The molecule has 0 saturated heterocycles. The summed E-state index contributed by atoms with van der Waals surface area (Å²) in [5.74, 6) is -0.594. The molecule has 0 bridgehead atoms. The molecule has 0 unspecified atom stereocenters. The number of rotatable bonds is 7. The molecule has 2 amide bonds. The topological polar surface area (TPSA) is 104 Å². The highest BCUT2D eigenvalue weighted by atomic mass is 16.3. The fourth-order valence-electron chi connectivity index (χ4n) is 1.04. The van der Waals surface area contributed by atoms with Crippen LogP contribution in [0.2, 0.25) is 0 Å². The van der Waals surface area contributed by atoms with Gasteiger partial charge in [0.05, 0.1) is 12.6 Å². The lowest BCUT2D eigenvalue weighted by atomic mass is 9.95. The molecule has 0 radical (unpaired) electrons. The van der Waals surface area contributed by atoms with Crippen molar-refractivity contribution in [3.05, 3.63) is 0 Å². The van der Waals surface area contributed by atoms with Gasteiger partial charge >= 0.3 is 0 Å². The van der Waals surface area contributed by atoms with Gasteiger partial charge in [0.2, 0.25) is 11.8 Å². The summed E-state index contributed by atoms with van der Waals surface area (Å²) >= 11 is 0. The molecule has 106 valence electrons. The van der Waals surface area contributed by atoms with Crippen molar-refractivity contribution in [1.29, 1.82) is 0 Å². The number of nitrogens with one attached hydrogen (secondary N) is 2. The van der Waals surface area contributed by atoms with Crippen LogP contribution in [0.15, 0.2) is 0 Å². The van der Waals surface area contributed by atoms with Crippen molar-refractivity contribution in [2.45, 2.75) is 33.7 Å². The van der Waals surface area contributed by atoms with Crippen LogP contribution in [-0.4, -0.2) is 42.7 Å². The smallest absolute Gasteiger partial charge is 0.239 e. The molecule has 0 aliphatic carbocycles. The van der Waals surface area contributed by atoms with E-state index in [2.05, 4.69) is 10.6 Å². The van der Waals surface area contributed by atoms with E-state index in [1.165, 1.54) is 0 Å². The van der Waals surface area contributed by atoms with Crippen molar-refractivity contribution < 1.29 is 14.7 Å². The molecule has 0 heterocycles. The minimum Gasteiger partial charge on any atom is -0.396 e. The Balaban J connectivity index is 3.95. The van der Waals surface area contributed by atoms with Gasteiger partial charge in [-0.25, -0.2) is 0 Å². The number of hydrogen-bond acceptors (Lipinski definition) is 4. The molecule has 0 aromatic heterocycles.